The lowest BCUT2D eigenvalue weighted by Gasteiger charge is -2.23. The summed E-state index contributed by atoms with van der Waals surface area (Å²) in [6.45, 7) is 8.67. The SMILES string of the molecule is C=CCN(CC=C)C(=O)CN(C)CCC(=O)O. The van der Waals surface area contributed by atoms with Gasteiger partial charge < -0.3 is 10.0 Å². The number of carboxylic acid groups (broad SMARTS) is 1. The number of carboxylic acids is 1. The van der Waals surface area contributed by atoms with E-state index in [-0.39, 0.29) is 18.9 Å². The van der Waals surface area contributed by atoms with Gasteiger partial charge in [0.1, 0.15) is 0 Å². The van der Waals surface area contributed by atoms with E-state index < -0.39 is 5.97 Å². The van der Waals surface area contributed by atoms with Gasteiger partial charge in [-0.25, -0.2) is 0 Å². The normalized spacial score (nSPS) is 10.0. The molecule has 0 fully saturated rings. The van der Waals surface area contributed by atoms with Gasteiger partial charge in [-0.1, -0.05) is 12.2 Å². The Morgan fingerprint density at radius 3 is 2.18 bits per heavy atom. The number of rotatable bonds is 9. The lowest BCUT2D eigenvalue weighted by Crippen LogP contribution is -2.39. The third kappa shape index (κ3) is 7.30. The Morgan fingerprint density at radius 1 is 1.24 bits per heavy atom. The van der Waals surface area contributed by atoms with Crippen molar-refractivity contribution in [3.63, 3.8) is 0 Å². The third-order valence-electron chi connectivity index (χ3n) is 2.16. The summed E-state index contributed by atoms with van der Waals surface area (Å²) in [6, 6.07) is 0. The summed E-state index contributed by atoms with van der Waals surface area (Å²) < 4.78 is 0. The van der Waals surface area contributed by atoms with Crippen molar-refractivity contribution in [2.75, 3.05) is 33.2 Å². The van der Waals surface area contributed by atoms with Crippen LogP contribution in [0.5, 0.6) is 0 Å². The molecular formula is C12H20N2O3. The highest BCUT2D eigenvalue weighted by atomic mass is 16.4. The molecule has 0 aromatic carbocycles. The Kier molecular flexibility index (Phi) is 7.71. The van der Waals surface area contributed by atoms with E-state index in [4.69, 9.17) is 5.11 Å². The highest BCUT2D eigenvalue weighted by Crippen LogP contribution is 1.95. The lowest BCUT2D eigenvalue weighted by atomic mass is 10.3. The molecule has 96 valence electrons. The van der Waals surface area contributed by atoms with Crippen LogP contribution in [-0.2, 0) is 9.59 Å². The number of hydrogen-bond donors (Lipinski definition) is 1. The highest BCUT2D eigenvalue weighted by Gasteiger charge is 2.13. The van der Waals surface area contributed by atoms with Crippen LogP contribution in [0.4, 0.5) is 0 Å². The van der Waals surface area contributed by atoms with Crippen LogP contribution in [-0.4, -0.2) is 60.0 Å². The second kappa shape index (κ2) is 8.52. The van der Waals surface area contributed by atoms with Crippen LogP contribution in [0, 0.1) is 0 Å². The van der Waals surface area contributed by atoms with Crippen molar-refractivity contribution in [1.29, 1.82) is 0 Å². The summed E-state index contributed by atoms with van der Waals surface area (Å²) in [5.74, 6) is -0.920. The van der Waals surface area contributed by atoms with Crippen molar-refractivity contribution in [2.24, 2.45) is 0 Å². The Hall–Kier alpha value is -1.62. The largest absolute Gasteiger partial charge is 0.481 e. The zero-order valence-corrected chi connectivity index (χ0v) is 10.3. The van der Waals surface area contributed by atoms with Gasteiger partial charge in [0.15, 0.2) is 0 Å². The van der Waals surface area contributed by atoms with Gasteiger partial charge in [0, 0.05) is 19.6 Å². The predicted molar refractivity (Wildman–Crippen MR) is 66.7 cm³/mol. The monoisotopic (exact) mass is 240 g/mol. The van der Waals surface area contributed by atoms with E-state index in [1.165, 1.54) is 0 Å². The molecule has 0 radical (unpaired) electrons. The fraction of sp³-hybridized carbons (Fsp3) is 0.500. The second-order valence-electron chi connectivity index (χ2n) is 3.76. The molecule has 0 unspecified atom stereocenters. The quantitative estimate of drug-likeness (QED) is 0.599. The van der Waals surface area contributed by atoms with E-state index in [9.17, 15) is 9.59 Å². The molecule has 0 aliphatic heterocycles. The van der Waals surface area contributed by atoms with Crippen LogP contribution in [0.3, 0.4) is 0 Å². The fourth-order valence-electron chi connectivity index (χ4n) is 1.29. The molecule has 0 atom stereocenters. The summed E-state index contributed by atoms with van der Waals surface area (Å²) in [7, 11) is 1.72. The van der Waals surface area contributed by atoms with Crippen LogP contribution >= 0.6 is 0 Å². The Balaban J connectivity index is 4.14. The first-order valence-electron chi connectivity index (χ1n) is 5.41. The van der Waals surface area contributed by atoms with Crippen molar-refractivity contribution in [3.8, 4) is 0 Å². The molecule has 1 amide bonds. The molecule has 0 aliphatic carbocycles. The van der Waals surface area contributed by atoms with Gasteiger partial charge in [0.25, 0.3) is 0 Å². The second-order valence-corrected chi connectivity index (χ2v) is 3.76. The van der Waals surface area contributed by atoms with E-state index in [1.807, 2.05) is 0 Å². The number of likely N-dealkylation sites (N-methyl/N-ethyl adjacent to an activating group) is 1. The molecule has 0 aromatic heterocycles. The molecule has 5 heteroatoms. The van der Waals surface area contributed by atoms with E-state index in [2.05, 4.69) is 13.2 Å². The molecule has 0 aliphatic rings. The van der Waals surface area contributed by atoms with Gasteiger partial charge in [0.2, 0.25) is 5.91 Å². The van der Waals surface area contributed by atoms with Gasteiger partial charge in [-0.3, -0.25) is 14.5 Å². The molecule has 0 spiro atoms. The highest BCUT2D eigenvalue weighted by molar-refractivity contribution is 5.78. The van der Waals surface area contributed by atoms with Crippen molar-refractivity contribution >= 4 is 11.9 Å². The van der Waals surface area contributed by atoms with Gasteiger partial charge >= 0.3 is 5.97 Å². The predicted octanol–water partition coefficient (Wildman–Crippen LogP) is 0.593. The minimum atomic E-state index is -0.863. The molecule has 1 N–H and O–H groups in total. The number of carbonyl (C=O) groups is 2. The molecule has 17 heavy (non-hydrogen) atoms. The van der Waals surface area contributed by atoms with E-state index >= 15 is 0 Å². The first-order valence-corrected chi connectivity index (χ1v) is 5.41. The minimum absolute atomic E-state index is 0.0344. The van der Waals surface area contributed by atoms with Gasteiger partial charge in [-0.05, 0) is 7.05 Å². The lowest BCUT2D eigenvalue weighted by molar-refractivity contribution is -0.138. The number of hydrogen-bond acceptors (Lipinski definition) is 3. The van der Waals surface area contributed by atoms with E-state index in [1.54, 1.807) is 29.0 Å². The third-order valence-corrected chi connectivity index (χ3v) is 2.16. The van der Waals surface area contributed by atoms with Crippen molar-refractivity contribution in [3.05, 3.63) is 25.3 Å². The zero-order chi connectivity index (χ0) is 13.3. The smallest absolute Gasteiger partial charge is 0.304 e. The Bertz CT molecular complexity index is 279. The first kappa shape index (κ1) is 15.4. The van der Waals surface area contributed by atoms with Crippen LogP contribution in [0.1, 0.15) is 6.42 Å². The minimum Gasteiger partial charge on any atom is -0.481 e. The summed E-state index contributed by atoms with van der Waals surface area (Å²) in [5.41, 5.74) is 0. The molecular weight excluding hydrogens is 220 g/mol. The zero-order valence-electron chi connectivity index (χ0n) is 10.3. The number of amides is 1. The van der Waals surface area contributed by atoms with E-state index in [0.29, 0.717) is 19.6 Å². The van der Waals surface area contributed by atoms with E-state index in [0.717, 1.165) is 0 Å². The van der Waals surface area contributed by atoms with Gasteiger partial charge in [-0.2, -0.15) is 0 Å². The summed E-state index contributed by atoms with van der Waals surface area (Å²) >= 11 is 0. The standard InChI is InChI=1S/C12H20N2O3/c1-4-7-14(8-5-2)11(15)10-13(3)9-6-12(16)17/h4-5H,1-2,6-10H2,3H3,(H,16,17). The van der Waals surface area contributed by atoms with Crippen molar-refractivity contribution in [2.45, 2.75) is 6.42 Å². The maximum atomic E-state index is 11.8. The first-order chi connectivity index (χ1) is 8.01. The summed E-state index contributed by atoms with van der Waals surface area (Å²) in [4.78, 5) is 25.5. The summed E-state index contributed by atoms with van der Waals surface area (Å²) in [5, 5.41) is 8.53. The molecule has 0 bridgehead atoms. The van der Waals surface area contributed by atoms with Crippen LogP contribution in [0.25, 0.3) is 0 Å². The molecule has 0 saturated heterocycles. The Labute approximate surface area is 102 Å². The Morgan fingerprint density at radius 2 is 1.76 bits per heavy atom. The molecule has 0 heterocycles. The molecule has 0 saturated carbocycles. The average molecular weight is 240 g/mol. The number of aliphatic carboxylic acids is 1. The molecule has 0 aromatic rings. The van der Waals surface area contributed by atoms with Crippen molar-refractivity contribution in [1.82, 2.24) is 9.80 Å². The maximum absolute atomic E-state index is 11.8. The van der Waals surface area contributed by atoms with Crippen LogP contribution in [0.2, 0.25) is 0 Å². The fourth-order valence-corrected chi connectivity index (χ4v) is 1.29. The van der Waals surface area contributed by atoms with Gasteiger partial charge in [0.05, 0.1) is 13.0 Å². The van der Waals surface area contributed by atoms with Crippen LogP contribution < -0.4 is 0 Å². The summed E-state index contributed by atoms with van der Waals surface area (Å²) in [6.07, 6.45) is 3.34. The number of carbonyl (C=O) groups excluding carboxylic acids is 1. The average Bonchev–Trinajstić information content (AvgIpc) is 2.26. The number of nitrogens with zero attached hydrogens (tertiary/aromatic N) is 2. The maximum Gasteiger partial charge on any atom is 0.304 e. The van der Waals surface area contributed by atoms with Crippen molar-refractivity contribution < 1.29 is 14.7 Å². The molecule has 5 nitrogen and oxygen atoms in total. The topological polar surface area (TPSA) is 60.9 Å². The molecule has 0 rings (SSSR count). The van der Waals surface area contributed by atoms with Crippen LogP contribution in [0.15, 0.2) is 25.3 Å². The van der Waals surface area contributed by atoms with Gasteiger partial charge in [-0.15, -0.1) is 13.2 Å².